The molecule has 1 aliphatic heterocycles. The van der Waals surface area contributed by atoms with Crippen LogP contribution in [0.4, 0.5) is 5.82 Å². The SMILES string of the molecule is CCOC(=O)c1ccc(N2CCN(C(=O)c3ccc(COc4ccccc4OC)o3)CC2)nc1. The molecule has 178 valence electrons. The molecule has 3 aromatic rings. The zero-order valence-electron chi connectivity index (χ0n) is 19.2. The number of carbonyl (C=O) groups is 2. The molecule has 1 fully saturated rings. The molecule has 0 unspecified atom stereocenters. The van der Waals surface area contributed by atoms with Crippen molar-refractivity contribution in [2.45, 2.75) is 13.5 Å². The average Bonchev–Trinajstić information content (AvgIpc) is 3.36. The fourth-order valence-corrected chi connectivity index (χ4v) is 3.66. The van der Waals surface area contributed by atoms with Crippen LogP contribution in [-0.2, 0) is 11.3 Å². The molecule has 1 aliphatic rings. The van der Waals surface area contributed by atoms with Crippen molar-refractivity contribution >= 4 is 17.7 Å². The van der Waals surface area contributed by atoms with Gasteiger partial charge in [-0.3, -0.25) is 4.79 Å². The third kappa shape index (κ3) is 5.31. The first-order valence-corrected chi connectivity index (χ1v) is 11.1. The lowest BCUT2D eigenvalue weighted by Crippen LogP contribution is -2.49. The highest BCUT2D eigenvalue weighted by molar-refractivity contribution is 5.91. The van der Waals surface area contributed by atoms with Crippen molar-refractivity contribution in [3.63, 3.8) is 0 Å². The summed E-state index contributed by atoms with van der Waals surface area (Å²) in [4.78, 5) is 32.9. The number of hydrogen-bond acceptors (Lipinski definition) is 8. The molecule has 9 nitrogen and oxygen atoms in total. The first kappa shape index (κ1) is 23.2. The summed E-state index contributed by atoms with van der Waals surface area (Å²) in [6.45, 7) is 4.60. The van der Waals surface area contributed by atoms with E-state index in [2.05, 4.69) is 9.88 Å². The zero-order chi connectivity index (χ0) is 23.9. The second kappa shape index (κ2) is 10.7. The second-order valence-electron chi connectivity index (χ2n) is 7.61. The monoisotopic (exact) mass is 465 g/mol. The van der Waals surface area contributed by atoms with E-state index in [9.17, 15) is 9.59 Å². The molecule has 0 radical (unpaired) electrons. The number of piperazine rings is 1. The maximum Gasteiger partial charge on any atom is 0.339 e. The lowest BCUT2D eigenvalue weighted by molar-refractivity contribution is 0.0525. The molecule has 34 heavy (non-hydrogen) atoms. The van der Waals surface area contributed by atoms with Gasteiger partial charge in [0.05, 0.1) is 19.3 Å². The summed E-state index contributed by atoms with van der Waals surface area (Å²) in [5.74, 6) is 2.29. The molecular formula is C25H27N3O6. The van der Waals surface area contributed by atoms with Crippen molar-refractivity contribution in [3.05, 3.63) is 71.8 Å². The number of nitrogens with zero attached hydrogens (tertiary/aromatic N) is 3. The lowest BCUT2D eigenvalue weighted by atomic mass is 10.2. The van der Waals surface area contributed by atoms with Crippen molar-refractivity contribution in [2.24, 2.45) is 0 Å². The number of anilines is 1. The highest BCUT2D eigenvalue weighted by atomic mass is 16.5. The zero-order valence-corrected chi connectivity index (χ0v) is 19.2. The number of ether oxygens (including phenoxy) is 3. The van der Waals surface area contributed by atoms with Crippen molar-refractivity contribution in [3.8, 4) is 11.5 Å². The van der Waals surface area contributed by atoms with Gasteiger partial charge in [0.1, 0.15) is 18.2 Å². The summed E-state index contributed by atoms with van der Waals surface area (Å²) in [5, 5.41) is 0. The van der Waals surface area contributed by atoms with E-state index in [4.69, 9.17) is 18.6 Å². The predicted molar refractivity (Wildman–Crippen MR) is 124 cm³/mol. The third-order valence-corrected chi connectivity index (χ3v) is 5.46. The standard InChI is InChI=1S/C25H27N3O6/c1-3-32-25(30)18-8-11-23(26-16-18)27-12-14-28(15-13-27)24(29)22-10-9-19(34-22)17-33-21-7-5-4-6-20(21)31-2/h4-11,16H,3,12-15,17H2,1-2H3. The van der Waals surface area contributed by atoms with Crippen LogP contribution in [0.25, 0.3) is 0 Å². The van der Waals surface area contributed by atoms with E-state index < -0.39 is 0 Å². The van der Waals surface area contributed by atoms with Crippen LogP contribution < -0.4 is 14.4 Å². The Morgan fingerprint density at radius 3 is 2.44 bits per heavy atom. The Bertz CT molecular complexity index is 1120. The molecule has 0 atom stereocenters. The highest BCUT2D eigenvalue weighted by Crippen LogP contribution is 2.27. The van der Waals surface area contributed by atoms with Crippen LogP contribution in [0.5, 0.6) is 11.5 Å². The molecule has 0 spiro atoms. The molecule has 0 aliphatic carbocycles. The topological polar surface area (TPSA) is 94.3 Å². The van der Waals surface area contributed by atoms with Crippen LogP contribution in [0.2, 0.25) is 0 Å². The van der Waals surface area contributed by atoms with E-state index in [0.29, 0.717) is 55.6 Å². The normalized spacial score (nSPS) is 13.5. The summed E-state index contributed by atoms with van der Waals surface area (Å²) in [7, 11) is 1.58. The van der Waals surface area contributed by atoms with Crippen molar-refractivity contribution in [1.82, 2.24) is 9.88 Å². The Hall–Kier alpha value is -4.01. The second-order valence-corrected chi connectivity index (χ2v) is 7.61. The Kier molecular flexibility index (Phi) is 7.31. The van der Waals surface area contributed by atoms with Gasteiger partial charge in [-0.05, 0) is 43.3 Å². The summed E-state index contributed by atoms with van der Waals surface area (Å²) >= 11 is 0. The van der Waals surface area contributed by atoms with Crippen LogP contribution in [0.3, 0.4) is 0 Å². The molecule has 1 saturated heterocycles. The number of hydrogen-bond donors (Lipinski definition) is 0. The van der Waals surface area contributed by atoms with Gasteiger partial charge in [-0.1, -0.05) is 12.1 Å². The molecule has 0 bridgehead atoms. The maximum atomic E-state index is 12.9. The summed E-state index contributed by atoms with van der Waals surface area (Å²) in [6, 6.07) is 14.3. The molecule has 2 aromatic heterocycles. The molecule has 0 saturated carbocycles. The predicted octanol–water partition coefficient (Wildman–Crippen LogP) is 3.40. The van der Waals surface area contributed by atoms with Crippen LogP contribution in [-0.4, -0.2) is 61.7 Å². The van der Waals surface area contributed by atoms with Crippen LogP contribution in [0.1, 0.15) is 33.6 Å². The van der Waals surface area contributed by atoms with E-state index in [0.717, 1.165) is 5.82 Å². The van der Waals surface area contributed by atoms with Gasteiger partial charge in [0, 0.05) is 32.4 Å². The largest absolute Gasteiger partial charge is 0.493 e. The lowest BCUT2D eigenvalue weighted by Gasteiger charge is -2.35. The van der Waals surface area contributed by atoms with E-state index in [1.54, 1.807) is 43.2 Å². The minimum Gasteiger partial charge on any atom is -0.493 e. The molecule has 9 heteroatoms. The first-order valence-electron chi connectivity index (χ1n) is 11.1. The maximum absolute atomic E-state index is 12.9. The van der Waals surface area contributed by atoms with Crippen LogP contribution in [0, 0.1) is 0 Å². The number of esters is 1. The van der Waals surface area contributed by atoms with E-state index in [-0.39, 0.29) is 24.2 Å². The quantitative estimate of drug-likeness (QED) is 0.467. The number of benzene rings is 1. The molecule has 4 rings (SSSR count). The molecule has 3 heterocycles. The minimum absolute atomic E-state index is 0.159. The van der Waals surface area contributed by atoms with Gasteiger partial charge in [0.25, 0.3) is 5.91 Å². The Morgan fingerprint density at radius 1 is 1.00 bits per heavy atom. The van der Waals surface area contributed by atoms with Crippen molar-refractivity contribution < 1.29 is 28.2 Å². The van der Waals surface area contributed by atoms with Crippen LogP contribution >= 0.6 is 0 Å². The Morgan fingerprint density at radius 2 is 1.76 bits per heavy atom. The number of rotatable bonds is 8. The van der Waals surface area contributed by atoms with Crippen molar-refractivity contribution in [1.29, 1.82) is 0 Å². The van der Waals surface area contributed by atoms with E-state index in [1.807, 2.05) is 24.3 Å². The van der Waals surface area contributed by atoms with Gasteiger partial charge in [0.15, 0.2) is 17.3 Å². The summed E-state index contributed by atoms with van der Waals surface area (Å²) < 4.78 is 21.8. The minimum atomic E-state index is -0.386. The van der Waals surface area contributed by atoms with Gasteiger partial charge >= 0.3 is 5.97 Å². The van der Waals surface area contributed by atoms with Gasteiger partial charge in [-0.15, -0.1) is 0 Å². The number of pyridine rings is 1. The van der Waals surface area contributed by atoms with Gasteiger partial charge in [-0.25, -0.2) is 9.78 Å². The van der Waals surface area contributed by atoms with Crippen molar-refractivity contribution in [2.75, 3.05) is 44.8 Å². The fraction of sp³-hybridized carbons (Fsp3) is 0.320. The highest BCUT2D eigenvalue weighted by Gasteiger charge is 2.25. The first-order chi connectivity index (χ1) is 16.6. The Labute approximate surface area is 197 Å². The molecule has 1 aromatic carbocycles. The number of amides is 1. The van der Waals surface area contributed by atoms with E-state index in [1.165, 1.54) is 6.20 Å². The average molecular weight is 466 g/mol. The number of methoxy groups -OCH3 is 1. The molecule has 1 amide bonds. The number of para-hydroxylation sites is 2. The Balaban J connectivity index is 1.30. The molecular weight excluding hydrogens is 438 g/mol. The van der Waals surface area contributed by atoms with E-state index >= 15 is 0 Å². The molecule has 0 N–H and O–H groups in total. The summed E-state index contributed by atoms with van der Waals surface area (Å²) in [5.41, 5.74) is 0.419. The number of furan rings is 1. The number of carbonyl (C=O) groups excluding carboxylic acids is 2. The smallest absolute Gasteiger partial charge is 0.339 e. The third-order valence-electron chi connectivity index (χ3n) is 5.46. The number of aromatic nitrogens is 1. The van der Waals surface area contributed by atoms with Gasteiger partial charge < -0.3 is 28.4 Å². The van der Waals surface area contributed by atoms with Gasteiger partial charge in [0.2, 0.25) is 0 Å². The fourth-order valence-electron chi connectivity index (χ4n) is 3.66. The van der Waals surface area contributed by atoms with Crippen LogP contribution in [0.15, 0.2) is 59.1 Å². The van der Waals surface area contributed by atoms with Gasteiger partial charge in [-0.2, -0.15) is 0 Å². The summed E-state index contributed by atoms with van der Waals surface area (Å²) in [6.07, 6.45) is 1.52.